The van der Waals surface area contributed by atoms with Crippen molar-refractivity contribution in [2.45, 2.75) is 39.5 Å². The molecule has 5 nitrogen and oxygen atoms in total. The monoisotopic (exact) mass is 878 g/mol. The van der Waals surface area contributed by atoms with Crippen LogP contribution in [0.25, 0.3) is 88.7 Å². The van der Waals surface area contributed by atoms with Crippen molar-refractivity contribution in [2.75, 3.05) is 0 Å². The van der Waals surface area contributed by atoms with Gasteiger partial charge in [0.25, 0.3) is 0 Å². The van der Waals surface area contributed by atoms with Crippen LogP contribution >= 0.6 is 0 Å². The number of para-hydroxylation sites is 4. The molecule has 0 unspecified atom stereocenters. The van der Waals surface area contributed by atoms with E-state index in [9.17, 15) is 0 Å². The summed E-state index contributed by atoms with van der Waals surface area (Å²) in [6, 6.07) is 51.1. The van der Waals surface area contributed by atoms with Crippen molar-refractivity contribution in [1.29, 1.82) is 0 Å². The van der Waals surface area contributed by atoms with Crippen molar-refractivity contribution >= 4 is 54.6 Å². The summed E-state index contributed by atoms with van der Waals surface area (Å²) in [6.45, 7) is 9.11. The largest absolute Gasteiger partial charge is 2.00 e. The van der Waals surface area contributed by atoms with E-state index in [4.69, 9.17) is 15.0 Å². The molecule has 10 aromatic rings. The second-order valence-electron chi connectivity index (χ2n) is 14.6. The minimum absolute atomic E-state index is 0. The molecule has 4 aromatic heterocycles. The summed E-state index contributed by atoms with van der Waals surface area (Å²) in [5.41, 5.74) is 12.8. The third-order valence-electron chi connectivity index (χ3n) is 10.7. The molecule has 10 rings (SSSR count). The molecule has 6 heteroatoms. The normalized spacial score (nSPS) is 11.9. The Labute approximate surface area is 328 Å². The van der Waals surface area contributed by atoms with Crippen LogP contribution in [0.3, 0.4) is 0 Å². The Balaban J connectivity index is 0.00000384. The average Bonchev–Trinajstić information content (AvgIpc) is 3.87. The zero-order valence-corrected chi connectivity index (χ0v) is 32.8. The van der Waals surface area contributed by atoms with Crippen molar-refractivity contribution < 1.29 is 21.1 Å². The van der Waals surface area contributed by atoms with E-state index in [0.717, 1.165) is 72.4 Å². The molecule has 0 bridgehead atoms. The zero-order chi connectivity index (χ0) is 35.8. The molecule has 0 N–H and O–H groups in total. The summed E-state index contributed by atoms with van der Waals surface area (Å²) in [5.74, 6) is 2.48. The average molecular weight is 879 g/mol. The number of imidazole rings is 1. The third-order valence-corrected chi connectivity index (χ3v) is 10.7. The first-order valence-electron chi connectivity index (χ1n) is 18.4. The predicted octanol–water partition coefficient (Wildman–Crippen LogP) is 12.2. The molecule has 0 amide bonds. The molecule has 54 heavy (non-hydrogen) atoms. The van der Waals surface area contributed by atoms with Crippen LogP contribution in [0.1, 0.15) is 50.7 Å². The molecule has 0 saturated carbocycles. The van der Waals surface area contributed by atoms with Crippen molar-refractivity contribution in [3.8, 4) is 34.0 Å². The van der Waals surface area contributed by atoms with Crippen LogP contribution in [0.15, 0.2) is 140 Å². The summed E-state index contributed by atoms with van der Waals surface area (Å²) in [4.78, 5) is 15.5. The van der Waals surface area contributed by atoms with Crippen LogP contribution in [0.2, 0.25) is 0 Å². The van der Waals surface area contributed by atoms with Crippen LogP contribution < -0.4 is 4.98 Å². The molecule has 6 aromatic carbocycles. The summed E-state index contributed by atoms with van der Waals surface area (Å²) in [6.07, 6.45) is 1.87. The van der Waals surface area contributed by atoms with Gasteiger partial charge in [-0.3, -0.25) is 4.57 Å². The topological polar surface area (TPSA) is 49.7 Å². The number of pyridine rings is 1. The van der Waals surface area contributed by atoms with Crippen LogP contribution in [0.4, 0.5) is 0 Å². The number of rotatable bonds is 6. The van der Waals surface area contributed by atoms with Gasteiger partial charge in [-0.15, -0.1) is 34.8 Å². The Hall–Kier alpha value is -5.77. The number of hydrogen-bond acceptors (Lipinski definition) is 2. The second kappa shape index (κ2) is 13.3. The molecule has 0 atom stereocenters. The summed E-state index contributed by atoms with van der Waals surface area (Å²) in [5, 5.41) is 4.69. The predicted molar refractivity (Wildman–Crippen MR) is 219 cm³/mol. The fraction of sp³-hybridized carbons (Fsp3) is 0.125. The maximum atomic E-state index is 5.51. The Morgan fingerprint density at radius 1 is 0.630 bits per heavy atom. The second-order valence-corrected chi connectivity index (χ2v) is 14.6. The summed E-state index contributed by atoms with van der Waals surface area (Å²) in [7, 11) is 0. The van der Waals surface area contributed by atoms with E-state index >= 15 is 0 Å². The van der Waals surface area contributed by atoms with Crippen LogP contribution in [-0.2, 0) is 21.1 Å². The molecule has 0 aliphatic rings. The minimum Gasteiger partial charge on any atom is -0.656 e. The molecule has 0 radical (unpaired) electrons. The van der Waals surface area contributed by atoms with Crippen LogP contribution in [0, 0.1) is 6.07 Å². The maximum Gasteiger partial charge on any atom is 2.00 e. The molecular formula is C48H37N5Pt. The van der Waals surface area contributed by atoms with E-state index in [2.05, 4.69) is 164 Å². The van der Waals surface area contributed by atoms with Gasteiger partial charge in [0.2, 0.25) is 0 Å². The smallest absolute Gasteiger partial charge is 0.656 e. The Kier molecular flexibility index (Phi) is 8.36. The molecule has 264 valence electrons. The molecule has 0 fully saturated rings. The maximum absolute atomic E-state index is 5.51. The third kappa shape index (κ3) is 5.25. The first-order chi connectivity index (χ1) is 26.0. The molecule has 4 heterocycles. The van der Waals surface area contributed by atoms with Crippen molar-refractivity contribution in [3.05, 3.63) is 157 Å². The Bertz CT molecular complexity index is 3000. The Morgan fingerprint density at radius 2 is 1.39 bits per heavy atom. The SMILES string of the molecule is CC(C)c1cc(C(C)C)c2c(c1)c1ccc(-c3cccc4c3nc(-c3cccc5c3[n-]c3ccccc35)n4-c3ccccc3)[c-]c1n2-c1ccccn1.[Pt+2]. The van der Waals surface area contributed by atoms with Crippen LogP contribution in [0.5, 0.6) is 0 Å². The van der Waals surface area contributed by atoms with Gasteiger partial charge < -0.3 is 9.55 Å². The standard InChI is InChI=1S/C48H37N5.Pt/c1-29(2)32-26-39(30(3)4)47-40(27-32)36-24-23-31(28-43(36)53(47)44-22-10-11-25-49-44)34-17-13-21-42-46(34)51-48(52(42)33-14-6-5-7-15-33)38-19-12-18-37-35-16-8-9-20-41(35)50-45(37)38;/h5-27,29-30H,1-4H3;/q-2;+2. The number of fused-ring (bicyclic) bond motifs is 7. The van der Waals surface area contributed by atoms with E-state index in [-0.39, 0.29) is 21.1 Å². The molecule has 0 saturated heterocycles. The number of hydrogen-bond donors (Lipinski definition) is 0. The first kappa shape index (κ1) is 34.0. The van der Waals surface area contributed by atoms with Crippen molar-refractivity contribution in [3.63, 3.8) is 0 Å². The van der Waals surface area contributed by atoms with Gasteiger partial charge >= 0.3 is 21.1 Å². The fourth-order valence-electron chi connectivity index (χ4n) is 8.09. The van der Waals surface area contributed by atoms with E-state index in [1.807, 2.05) is 18.3 Å². The van der Waals surface area contributed by atoms with Gasteiger partial charge in [-0.2, -0.15) is 0 Å². The number of aromatic nitrogens is 5. The molecule has 0 aliphatic heterocycles. The summed E-state index contributed by atoms with van der Waals surface area (Å²) >= 11 is 0. The quantitative estimate of drug-likeness (QED) is 0.156. The van der Waals surface area contributed by atoms with E-state index in [1.54, 1.807) is 0 Å². The van der Waals surface area contributed by atoms with Gasteiger partial charge in [0.1, 0.15) is 11.6 Å². The Morgan fingerprint density at radius 3 is 2.19 bits per heavy atom. The fourth-order valence-corrected chi connectivity index (χ4v) is 8.09. The minimum atomic E-state index is 0. The van der Waals surface area contributed by atoms with Gasteiger partial charge in [0.15, 0.2) is 0 Å². The number of benzene rings is 6. The summed E-state index contributed by atoms with van der Waals surface area (Å²) < 4.78 is 4.59. The molecule has 0 aliphatic carbocycles. The molecule has 0 spiro atoms. The van der Waals surface area contributed by atoms with Gasteiger partial charge in [-0.05, 0) is 75.0 Å². The van der Waals surface area contributed by atoms with E-state index < -0.39 is 0 Å². The zero-order valence-electron chi connectivity index (χ0n) is 30.5. The molecular weight excluding hydrogens is 842 g/mol. The van der Waals surface area contributed by atoms with Gasteiger partial charge in [-0.25, -0.2) is 9.97 Å². The van der Waals surface area contributed by atoms with Crippen molar-refractivity contribution in [2.24, 2.45) is 0 Å². The van der Waals surface area contributed by atoms with E-state index in [0.29, 0.717) is 11.8 Å². The van der Waals surface area contributed by atoms with Gasteiger partial charge in [0.05, 0.1) is 11.0 Å². The van der Waals surface area contributed by atoms with Crippen LogP contribution in [-0.4, -0.2) is 19.1 Å². The van der Waals surface area contributed by atoms with E-state index in [1.165, 1.54) is 27.4 Å². The van der Waals surface area contributed by atoms with Gasteiger partial charge in [-0.1, -0.05) is 130 Å². The van der Waals surface area contributed by atoms with Crippen molar-refractivity contribution in [1.82, 2.24) is 24.1 Å². The first-order valence-corrected chi connectivity index (χ1v) is 18.4. The van der Waals surface area contributed by atoms with Gasteiger partial charge in [0, 0.05) is 23.0 Å². The number of nitrogens with zero attached hydrogens (tertiary/aromatic N) is 5.